The fourth-order valence-electron chi connectivity index (χ4n) is 4.55. The van der Waals surface area contributed by atoms with Crippen molar-refractivity contribution in [2.24, 2.45) is 0 Å². The molecule has 34 heavy (non-hydrogen) atoms. The van der Waals surface area contributed by atoms with E-state index < -0.39 is 10.0 Å². The smallest absolute Gasteiger partial charge is 0.243 e. The number of carbonyl (C=O) groups is 1. The van der Waals surface area contributed by atoms with E-state index in [9.17, 15) is 13.2 Å². The number of amides is 1. The topological polar surface area (TPSA) is 84.7 Å². The molecule has 0 radical (unpaired) electrons. The molecular formula is C26H34N4O3S. The molecule has 7 nitrogen and oxygen atoms in total. The van der Waals surface area contributed by atoms with Crippen LogP contribution in [0, 0.1) is 45.9 Å². The highest BCUT2D eigenvalue weighted by atomic mass is 32.2. The molecule has 1 heterocycles. The van der Waals surface area contributed by atoms with Crippen molar-refractivity contribution in [3.63, 3.8) is 0 Å². The van der Waals surface area contributed by atoms with Crippen molar-refractivity contribution in [1.82, 2.24) is 9.21 Å². The summed E-state index contributed by atoms with van der Waals surface area (Å²) < 4.78 is 28.7. The van der Waals surface area contributed by atoms with E-state index in [2.05, 4.69) is 6.07 Å². The number of para-hydroxylation sites is 1. The number of hydrogen-bond donors (Lipinski definition) is 0. The summed E-state index contributed by atoms with van der Waals surface area (Å²) in [6.45, 7) is 11.9. The Morgan fingerprint density at radius 3 is 1.97 bits per heavy atom. The van der Waals surface area contributed by atoms with Gasteiger partial charge in [-0.05, 0) is 74.6 Å². The second-order valence-electron chi connectivity index (χ2n) is 8.92. The van der Waals surface area contributed by atoms with E-state index in [1.165, 1.54) is 0 Å². The number of carbonyl (C=O) groups excluding carboxylic acids is 1. The molecule has 0 unspecified atom stereocenters. The third-order valence-corrected chi connectivity index (χ3v) is 9.21. The van der Waals surface area contributed by atoms with E-state index in [4.69, 9.17) is 5.26 Å². The molecule has 1 aliphatic rings. The average molecular weight is 483 g/mol. The molecule has 1 amide bonds. The maximum Gasteiger partial charge on any atom is 0.243 e. The van der Waals surface area contributed by atoms with Crippen LogP contribution in [0.15, 0.2) is 35.2 Å². The summed E-state index contributed by atoms with van der Waals surface area (Å²) in [6, 6.07) is 11.4. The molecule has 182 valence electrons. The lowest BCUT2D eigenvalue weighted by Crippen LogP contribution is -2.51. The largest absolute Gasteiger partial charge is 0.310 e. The Labute approximate surface area is 203 Å². The van der Waals surface area contributed by atoms with E-state index in [1.807, 2.05) is 69.9 Å². The standard InChI is InChI=1S/C26H34N4O3S/c1-19-20(2)22(4)26(23(5)21(19)3)34(32,33)29-16-14-28(15-17-29)18-25(31)30(13-9-12-27)24-10-7-6-8-11-24/h6-8,10-11H,9,13-18H2,1-5H3. The highest BCUT2D eigenvalue weighted by molar-refractivity contribution is 7.89. The maximum atomic E-state index is 13.6. The molecule has 1 aliphatic heterocycles. The zero-order valence-corrected chi connectivity index (χ0v) is 21.6. The summed E-state index contributed by atoms with van der Waals surface area (Å²) in [6.07, 6.45) is 0.251. The first kappa shape index (κ1) is 25.9. The van der Waals surface area contributed by atoms with Gasteiger partial charge in [0.05, 0.1) is 23.9 Å². The molecule has 2 aromatic carbocycles. The Morgan fingerprint density at radius 2 is 1.44 bits per heavy atom. The molecule has 3 rings (SSSR count). The number of hydrogen-bond acceptors (Lipinski definition) is 5. The van der Waals surface area contributed by atoms with Crippen LogP contribution < -0.4 is 4.90 Å². The Hall–Kier alpha value is -2.73. The van der Waals surface area contributed by atoms with Crippen molar-refractivity contribution in [2.45, 2.75) is 45.9 Å². The number of sulfonamides is 1. The maximum absolute atomic E-state index is 13.6. The van der Waals surface area contributed by atoms with E-state index in [-0.39, 0.29) is 18.9 Å². The van der Waals surface area contributed by atoms with Gasteiger partial charge in [-0.1, -0.05) is 18.2 Å². The third kappa shape index (κ3) is 5.17. The van der Waals surface area contributed by atoms with Crippen molar-refractivity contribution in [1.29, 1.82) is 5.26 Å². The first-order valence-electron chi connectivity index (χ1n) is 11.6. The van der Waals surface area contributed by atoms with E-state index in [0.717, 1.165) is 33.5 Å². The van der Waals surface area contributed by atoms with Crippen LogP contribution in [0.2, 0.25) is 0 Å². The summed E-state index contributed by atoms with van der Waals surface area (Å²) in [4.78, 5) is 17.1. The van der Waals surface area contributed by atoms with Gasteiger partial charge in [0.2, 0.25) is 15.9 Å². The lowest BCUT2D eigenvalue weighted by molar-refractivity contribution is -0.120. The lowest BCUT2D eigenvalue weighted by Gasteiger charge is -2.35. The third-order valence-electron chi connectivity index (χ3n) is 7.04. The van der Waals surface area contributed by atoms with Gasteiger partial charge in [0, 0.05) is 38.4 Å². The van der Waals surface area contributed by atoms with E-state index >= 15 is 0 Å². The van der Waals surface area contributed by atoms with E-state index in [1.54, 1.807) is 9.21 Å². The minimum atomic E-state index is -3.63. The quantitative estimate of drug-likeness (QED) is 0.603. The average Bonchev–Trinajstić information content (AvgIpc) is 2.82. The monoisotopic (exact) mass is 482 g/mol. The van der Waals surface area contributed by atoms with E-state index in [0.29, 0.717) is 37.6 Å². The fourth-order valence-corrected chi connectivity index (χ4v) is 6.54. The molecule has 0 aromatic heterocycles. The second-order valence-corrected chi connectivity index (χ2v) is 10.8. The van der Waals surface area contributed by atoms with Gasteiger partial charge < -0.3 is 4.90 Å². The molecule has 0 saturated carbocycles. The molecule has 8 heteroatoms. The Bertz CT molecular complexity index is 1170. The molecule has 0 N–H and O–H groups in total. The van der Waals surface area contributed by atoms with Crippen molar-refractivity contribution < 1.29 is 13.2 Å². The van der Waals surface area contributed by atoms with Crippen LogP contribution in [-0.2, 0) is 14.8 Å². The predicted octanol–water partition coefficient (Wildman–Crippen LogP) is 3.48. The molecule has 0 bridgehead atoms. The number of anilines is 1. The van der Waals surface area contributed by atoms with Gasteiger partial charge in [0.15, 0.2) is 0 Å². The SMILES string of the molecule is Cc1c(C)c(C)c(S(=O)(=O)N2CCN(CC(=O)N(CCC#N)c3ccccc3)CC2)c(C)c1C. The van der Waals surface area contributed by atoms with Gasteiger partial charge in [-0.2, -0.15) is 9.57 Å². The summed E-state index contributed by atoms with van der Waals surface area (Å²) in [5, 5.41) is 8.99. The molecular weight excluding hydrogens is 448 g/mol. The van der Waals surface area contributed by atoms with Crippen LogP contribution in [0.5, 0.6) is 0 Å². The van der Waals surface area contributed by atoms with Gasteiger partial charge >= 0.3 is 0 Å². The summed E-state index contributed by atoms with van der Waals surface area (Å²) in [7, 11) is -3.63. The number of nitriles is 1. The van der Waals surface area contributed by atoms with Crippen LogP contribution in [0.4, 0.5) is 5.69 Å². The van der Waals surface area contributed by atoms with Crippen LogP contribution in [0.25, 0.3) is 0 Å². The van der Waals surface area contributed by atoms with Crippen molar-refractivity contribution in [2.75, 3.05) is 44.2 Å². The predicted molar refractivity (Wildman–Crippen MR) is 134 cm³/mol. The molecule has 0 atom stereocenters. The van der Waals surface area contributed by atoms with Gasteiger partial charge in [-0.25, -0.2) is 8.42 Å². The van der Waals surface area contributed by atoms with Gasteiger partial charge in [-0.15, -0.1) is 0 Å². The second kappa shape index (κ2) is 10.7. The Morgan fingerprint density at radius 1 is 0.912 bits per heavy atom. The highest BCUT2D eigenvalue weighted by Gasteiger charge is 2.33. The minimum Gasteiger partial charge on any atom is -0.310 e. The van der Waals surface area contributed by atoms with Crippen LogP contribution >= 0.6 is 0 Å². The number of piperazine rings is 1. The Kier molecular flexibility index (Phi) is 8.13. The molecule has 1 fully saturated rings. The zero-order valence-electron chi connectivity index (χ0n) is 20.8. The van der Waals surface area contributed by atoms with Gasteiger partial charge in [0.25, 0.3) is 0 Å². The first-order chi connectivity index (χ1) is 16.1. The number of rotatable bonds is 7. The van der Waals surface area contributed by atoms with Crippen molar-refractivity contribution >= 4 is 21.6 Å². The normalized spacial score (nSPS) is 15.2. The van der Waals surface area contributed by atoms with Crippen LogP contribution in [0.1, 0.15) is 34.2 Å². The van der Waals surface area contributed by atoms with Crippen LogP contribution in [-0.4, -0.2) is 62.8 Å². The molecule has 0 spiro atoms. The van der Waals surface area contributed by atoms with Crippen LogP contribution in [0.3, 0.4) is 0 Å². The Balaban J connectivity index is 1.72. The summed E-state index contributed by atoms with van der Waals surface area (Å²) in [5.74, 6) is -0.0887. The van der Waals surface area contributed by atoms with Crippen molar-refractivity contribution in [3.8, 4) is 6.07 Å². The highest BCUT2D eigenvalue weighted by Crippen LogP contribution is 2.32. The first-order valence-corrected chi connectivity index (χ1v) is 13.1. The van der Waals surface area contributed by atoms with Gasteiger partial charge in [-0.3, -0.25) is 9.69 Å². The van der Waals surface area contributed by atoms with Gasteiger partial charge in [0.1, 0.15) is 0 Å². The fraction of sp³-hybridized carbons (Fsp3) is 0.462. The molecule has 2 aromatic rings. The minimum absolute atomic E-state index is 0.0887. The lowest BCUT2D eigenvalue weighted by atomic mass is 9.95. The zero-order chi connectivity index (χ0) is 25.0. The van der Waals surface area contributed by atoms with Crippen molar-refractivity contribution in [3.05, 3.63) is 58.1 Å². The molecule has 0 aliphatic carbocycles. The number of nitrogens with zero attached hydrogens (tertiary/aromatic N) is 4. The summed E-state index contributed by atoms with van der Waals surface area (Å²) >= 11 is 0. The molecule has 1 saturated heterocycles. The summed E-state index contributed by atoms with van der Waals surface area (Å²) in [5.41, 5.74) is 5.56. The number of benzene rings is 2.